The Hall–Kier alpha value is -1.64. The van der Waals surface area contributed by atoms with Gasteiger partial charge in [0.25, 0.3) is 0 Å². The fraction of sp³-hybridized carbons (Fsp3) is 0.471. The van der Waals surface area contributed by atoms with Crippen LogP contribution in [0, 0.1) is 17.7 Å². The molecule has 3 rings (SSSR count). The van der Waals surface area contributed by atoms with Gasteiger partial charge in [0.15, 0.2) is 17.2 Å². The van der Waals surface area contributed by atoms with Crippen molar-refractivity contribution in [2.24, 2.45) is 11.8 Å². The van der Waals surface area contributed by atoms with Gasteiger partial charge in [0.1, 0.15) is 0 Å². The number of Topliss-reactive ketones (excluding diaryl/α,β-unsaturated/α-hetero) is 1. The molecule has 0 saturated heterocycles. The topological polar surface area (TPSA) is 30.2 Å². The lowest BCUT2D eigenvalue weighted by Gasteiger charge is -2.26. The van der Waals surface area contributed by atoms with E-state index in [4.69, 9.17) is 4.42 Å². The Morgan fingerprint density at radius 3 is 3.00 bits per heavy atom. The van der Waals surface area contributed by atoms with Gasteiger partial charge in [0, 0.05) is 11.3 Å². The molecule has 0 aliphatic heterocycles. The van der Waals surface area contributed by atoms with E-state index in [2.05, 4.69) is 6.92 Å². The summed E-state index contributed by atoms with van der Waals surface area (Å²) in [6.07, 6.45) is 5.31. The Morgan fingerprint density at radius 1 is 1.40 bits per heavy atom. The highest BCUT2D eigenvalue weighted by Gasteiger charge is 2.29. The Morgan fingerprint density at radius 2 is 2.25 bits per heavy atom. The van der Waals surface area contributed by atoms with Crippen LogP contribution in [0.25, 0.3) is 11.0 Å². The monoisotopic (exact) mass is 274 g/mol. The van der Waals surface area contributed by atoms with Crippen molar-refractivity contribution in [3.05, 3.63) is 35.8 Å². The van der Waals surface area contributed by atoms with Gasteiger partial charge in [-0.05, 0) is 30.9 Å². The van der Waals surface area contributed by atoms with Crippen LogP contribution in [0.2, 0.25) is 0 Å². The highest BCUT2D eigenvalue weighted by Crippen LogP contribution is 2.34. The van der Waals surface area contributed by atoms with Gasteiger partial charge in [-0.15, -0.1) is 0 Å². The summed E-state index contributed by atoms with van der Waals surface area (Å²) in [7, 11) is 0. The molecular weight excluding hydrogens is 255 g/mol. The van der Waals surface area contributed by atoms with E-state index in [-0.39, 0.29) is 17.3 Å². The van der Waals surface area contributed by atoms with E-state index in [0.717, 1.165) is 25.7 Å². The van der Waals surface area contributed by atoms with Crippen molar-refractivity contribution in [3.63, 3.8) is 0 Å². The lowest BCUT2D eigenvalue weighted by atomic mass is 9.78. The molecule has 0 bridgehead atoms. The summed E-state index contributed by atoms with van der Waals surface area (Å²) in [6, 6.07) is 6.44. The Labute approximate surface area is 118 Å². The number of benzene rings is 1. The summed E-state index contributed by atoms with van der Waals surface area (Å²) in [5.41, 5.74) is 0.193. The van der Waals surface area contributed by atoms with Crippen LogP contribution in [-0.2, 0) is 0 Å². The molecule has 20 heavy (non-hydrogen) atoms. The van der Waals surface area contributed by atoms with Gasteiger partial charge in [-0.25, -0.2) is 4.39 Å². The predicted molar refractivity (Wildman–Crippen MR) is 76.2 cm³/mol. The van der Waals surface area contributed by atoms with Crippen molar-refractivity contribution < 1.29 is 13.6 Å². The number of halogens is 1. The van der Waals surface area contributed by atoms with Crippen LogP contribution >= 0.6 is 0 Å². The third-order valence-corrected chi connectivity index (χ3v) is 4.47. The van der Waals surface area contributed by atoms with Gasteiger partial charge in [-0.1, -0.05) is 38.3 Å². The number of rotatable bonds is 3. The highest BCUT2D eigenvalue weighted by molar-refractivity contribution is 5.99. The smallest absolute Gasteiger partial charge is 0.201 e. The molecule has 2 nitrogen and oxygen atoms in total. The van der Waals surface area contributed by atoms with Gasteiger partial charge < -0.3 is 4.42 Å². The number of hydrogen-bond donors (Lipinski definition) is 0. The Kier molecular flexibility index (Phi) is 3.60. The number of fused-ring (bicyclic) bond motifs is 1. The van der Waals surface area contributed by atoms with Crippen LogP contribution < -0.4 is 0 Å². The zero-order valence-electron chi connectivity index (χ0n) is 11.7. The van der Waals surface area contributed by atoms with Crippen LogP contribution in [0.4, 0.5) is 4.39 Å². The molecule has 1 saturated carbocycles. The maximum Gasteiger partial charge on any atom is 0.201 e. The Balaban J connectivity index is 1.86. The highest BCUT2D eigenvalue weighted by atomic mass is 19.1. The minimum absolute atomic E-state index is 0.0392. The van der Waals surface area contributed by atoms with Gasteiger partial charge in [-0.2, -0.15) is 0 Å². The second-order valence-corrected chi connectivity index (χ2v) is 5.77. The number of carbonyl (C=O) groups is 1. The maximum atomic E-state index is 13.6. The molecule has 2 unspecified atom stereocenters. The lowest BCUT2D eigenvalue weighted by molar-refractivity contribution is 0.0835. The summed E-state index contributed by atoms with van der Waals surface area (Å²) < 4.78 is 19.1. The molecule has 3 heteroatoms. The summed E-state index contributed by atoms with van der Waals surface area (Å²) in [6.45, 7) is 2.17. The molecule has 106 valence electrons. The van der Waals surface area contributed by atoms with E-state index in [0.29, 0.717) is 17.1 Å². The Bertz CT molecular complexity index is 629. The zero-order chi connectivity index (χ0) is 14.1. The molecular formula is C17H19FO2. The summed E-state index contributed by atoms with van der Waals surface area (Å²) in [5.74, 6) is 0.623. The van der Waals surface area contributed by atoms with Crippen LogP contribution in [0.15, 0.2) is 28.7 Å². The molecule has 2 atom stereocenters. The normalized spacial score (nSPS) is 23.1. The second-order valence-electron chi connectivity index (χ2n) is 5.77. The number of furan rings is 1. The molecule has 1 aliphatic carbocycles. The third kappa shape index (κ3) is 2.37. The van der Waals surface area contributed by atoms with Gasteiger partial charge in [0.2, 0.25) is 5.78 Å². The van der Waals surface area contributed by atoms with Crippen molar-refractivity contribution in [1.82, 2.24) is 0 Å². The van der Waals surface area contributed by atoms with Crippen molar-refractivity contribution in [2.75, 3.05) is 0 Å². The lowest BCUT2D eigenvalue weighted by Crippen LogP contribution is -2.22. The summed E-state index contributed by atoms with van der Waals surface area (Å²) in [4.78, 5) is 12.5. The van der Waals surface area contributed by atoms with Gasteiger partial charge >= 0.3 is 0 Å². The van der Waals surface area contributed by atoms with E-state index < -0.39 is 5.82 Å². The molecule has 1 aliphatic rings. The molecule has 0 radical (unpaired) electrons. The molecule has 1 fully saturated rings. The number of ketones is 1. The zero-order valence-corrected chi connectivity index (χ0v) is 11.7. The largest absolute Gasteiger partial charge is 0.450 e. The third-order valence-electron chi connectivity index (χ3n) is 4.47. The SMILES string of the molecule is CCC1CCCC(C(=O)c2cc3cccc(F)c3o2)C1. The average molecular weight is 274 g/mol. The molecule has 1 aromatic carbocycles. The quantitative estimate of drug-likeness (QED) is 0.739. The first-order chi connectivity index (χ1) is 9.69. The summed E-state index contributed by atoms with van der Waals surface area (Å²) >= 11 is 0. The van der Waals surface area contributed by atoms with Crippen molar-refractivity contribution in [2.45, 2.75) is 39.0 Å². The number of carbonyl (C=O) groups excluding carboxylic acids is 1. The van der Waals surface area contributed by atoms with Gasteiger partial charge in [0.05, 0.1) is 0 Å². The molecule has 1 aromatic heterocycles. The van der Waals surface area contributed by atoms with Crippen LogP contribution in [-0.4, -0.2) is 5.78 Å². The first kappa shape index (κ1) is 13.3. The molecule has 0 amide bonds. The van der Waals surface area contributed by atoms with Gasteiger partial charge in [-0.3, -0.25) is 4.79 Å². The van der Waals surface area contributed by atoms with Crippen molar-refractivity contribution in [3.8, 4) is 0 Å². The first-order valence-corrected chi connectivity index (χ1v) is 7.41. The van der Waals surface area contributed by atoms with Crippen LogP contribution in [0.3, 0.4) is 0 Å². The minimum Gasteiger partial charge on any atom is -0.450 e. The molecule has 0 N–H and O–H groups in total. The standard InChI is InChI=1S/C17H19FO2/c1-2-11-5-3-6-12(9-11)16(19)15-10-13-7-4-8-14(18)17(13)20-15/h4,7-8,10-12H,2-3,5-6,9H2,1H3. The predicted octanol–water partition coefficient (Wildman–Crippen LogP) is 4.97. The molecule has 1 heterocycles. The fourth-order valence-corrected chi connectivity index (χ4v) is 3.25. The summed E-state index contributed by atoms with van der Waals surface area (Å²) in [5, 5.41) is 0.663. The van der Waals surface area contributed by atoms with E-state index >= 15 is 0 Å². The van der Waals surface area contributed by atoms with Crippen LogP contribution in [0.1, 0.15) is 49.6 Å². The van der Waals surface area contributed by atoms with E-state index in [1.165, 1.54) is 12.5 Å². The van der Waals surface area contributed by atoms with E-state index in [9.17, 15) is 9.18 Å². The maximum absolute atomic E-state index is 13.6. The first-order valence-electron chi connectivity index (χ1n) is 7.41. The van der Waals surface area contributed by atoms with Crippen molar-refractivity contribution in [1.29, 1.82) is 0 Å². The number of para-hydroxylation sites is 1. The second kappa shape index (κ2) is 5.39. The van der Waals surface area contributed by atoms with E-state index in [1.807, 2.05) is 0 Å². The average Bonchev–Trinajstić information content (AvgIpc) is 2.92. The van der Waals surface area contributed by atoms with E-state index in [1.54, 1.807) is 18.2 Å². The fourth-order valence-electron chi connectivity index (χ4n) is 3.25. The molecule has 0 spiro atoms. The molecule has 2 aromatic rings. The van der Waals surface area contributed by atoms with Crippen LogP contribution in [0.5, 0.6) is 0 Å². The van der Waals surface area contributed by atoms with Crippen molar-refractivity contribution >= 4 is 16.8 Å². The minimum atomic E-state index is -0.406. The number of hydrogen-bond acceptors (Lipinski definition) is 2.